The zero-order valence-corrected chi connectivity index (χ0v) is 12.5. The summed E-state index contributed by atoms with van der Waals surface area (Å²) in [5, 5.41) is 0. The van der Waals surface area contributed by atoms with E-state index in [2.05, 4.69) is 22.0 Å². The van der Waals surface area contributed by atoms with E-state index >= 15 is 0 Å². The molecule has 2 N–H and O–H groups in total. The van der Waals surface area contributed by atoms with E-state index in [-0.39, 0.29) is 11.3 Å². The van der Waals surface area contributed by atoms with Gasteiger partial charge in [-0.2, -0.15) is 0 Å². The lowest BCUT2D eigenvalue weighted by Gasteiger charge is -2.39. The van der Waals surface area contributed by atoms with Crippen LogP contribution in [0.25, 0.3) is 0 Å². The first-order chi connectivity index (χ1) is 9.10. The first-order valence-corrected chi connectivity index (χ1v) is 7.91. The lowest BCUT2D eigenvalue weighted by atomic mass is 9.73. The smallest absolute Gasteiger partial charge is 0.251 e. The number of ether oxygens (including phenoxy) is 2. The van der Waals surface area contributed by atoms with Crippen LogP contribution in [0.1, 0.15) is 50.5 Å². The van der Waals surface area contributed by atoms with Gasteiger partial charge in [0.2, 0.25) is 0 Å². The summed E-state index contributed by atoms with van der Waals surface area (Å²) in [7, 11) is 0. The molecule has 0 saturated heterocycles. The molecule has 0 bridgehead atoms. The maximum atomic E-state index is 6.44. The molecule has 2 fully saturated rings. The number of nitrogens with two attached hydrogens (primary N) is 1. The molecule has 2 aliphatic carbocycles. The zero-order valence-electron chi connectivity index (χ0n) is 10.9. The Morgan fingerprint density at radius 2 is 1.58 bits per heavy atom. The molecule has 2 saturated carbocycles. The Labute approximate surface area is 121 Å². The van der Waals surface area contributed by atoms with Crippen LogP contribution in [0.5, 0.6) is 11.5 Å². The molecule has 4 rings (SSSR count). The molecule has 0 radical (unpaired) electrons. The van der Waals surface area contributed by atoms with Gasteiger partial charge in [-0.3, -0.25) is 0 Å². The highest BCUT2D eigenvalue weighted by Crippen LogP contribution is 2.51. The Bertz CT molecular complexity index is 533. The third kappa shape index (κ3) is 1.73. The molecule has 19 heavy (non-hydrogen) atoms. The molecule has 1 spiro atoms. The Balaban J connectivity index is 1.72. The van der Waals surface area contributed by atoms with E-state index in [0.29, 0.717) is 0 Å². The van der Waals surface area contributed by atoms with Crippen LogP contribution in [0, 0.1) is 0 Å². The molecular formula is C15H18BrNO2. The van der Waals surface area contributed by atoms with Crippen molar-refractivity contribution in [1.29, 1.82) is 0 Å². The van der Waals surface area contributed by atoms with Crippen LogP contribution in [-0.4, -0.2) is 5.79 Å². The average Bonchev–Trinajstić information content (AvgIpc) is 2.92. The van der Waals surface area contributed by atoms with Crippen molar-refractivity contribution in [2.24, 2.45) is 5.73 Å². The highest BCUT2D eigenvalue weighted by Gasteiger charge is 2.45. The van der Waals surface area contributed by atoms with E-state index in [0.717, 1.165) is 47.2 Å². The third-order valence-electron chi connectivity index (χ3n) is 4.77. The van der Waals surface area contributed by atoms with Gasteiger partial charge in [-0.1, -0.05) is 15.9 Å². The summed E-state index contributed by atoms with van der Waals surface area (Å²) in [6.45, 7) is 0. The molecule has 1 heterocycles. The second-order valence-electron chi connectivity index (χ2n) is 6.11. The van der Waals surface area contributed by atoms with Gasteiger partial charge in [-0.25, -0.2) is 0 Å². The van der Waals surface area contributed by atoms with Gasteiger partial charge >= 0.3 is 0 Å². The van der Waals surface area contributed by atoms with Crippen molar-refractivity contribution in [3.63, 3.8) is 0 Å². The number of hydrogen-bond acceptors (Lipinski definition) is 3. The largest absolute Gasteiger partial charge is 0.448 e. The number of fused-ring (bicyclic) bond motifs is 1. The fourth-order valence-electron chi connectivity index (χ4n) is 3.44. The fourth-order valence-corrected chi connectivity index (χ4v) is 4.16. The fraction of sp³-hybridized carbons (Fsp3) is 0.600. The maximum Gasteiger partial charge on any atom is 0.251 e. The second-order valence-corrected chi connectivity index (χ2v) is 6.96. The van der Waals surface area contributed by atoms with Crippen molar-refractivity contribution in [3.05, 3.63) is 22.2 Å². The molecule has 1 aromatic rings. The summed E-state index contributed by atoms with van der Waals surface area (Å²) in [5.41, 5.74) is 7.42. The first kappa shape index (κ1) is 12.0. The van der Waals surface area contributed by atoms with E-state index < -0.39 is 0 Å². The van der Waals surface area contributed by atoms with Gasteiger partial charge in [0, 0.05) is 22.9 Å². The van der Waals surface area contributed by atoms with Crippen LogP contribution in [0.4, 0.5) is 0 Å². The molecule has 3 nitrogen and oxygen atoms in total. The van der Waals surface area contributed by atoms with E-state index in [1.807, 2.05) is 6.07 Å². The van der Waals surface area contributed by atoms with E-state index in [4.69, 9.17) is 15.2 Å². The third-order valence-corrected chi connectivity index (χ3v) is 5.43. The average molecular weight is 324 g/mol. The van der Waals surface area contributed by atoms with Crippen molar-refractivity contribution >= 4 is 15.9 Å². The summed E-state index contributed by atoms with van der Waals surface area (Å²) in [5.74, 6) is 1.35. The molecule has 0 amide bonds. The van der Waals surface area contributed by atoms with Crippen LogP contribution in [0.3, 0.4) is 0 Å². The quantitative estimate of drug-likeness (QED) is 0.854. The van der Waals surface area contributed by atoms with Gasteiger partial charge < -0.3 is 15.2 Å². The normalized spacial score (nSPS) is 25.6. The minimum atomic E-state index is -0.387. The molecule has 3 aliphatic rings. The molecule has 1 aliphatic heterocycles. The molecule has 0 unspecified atom stereocenters. The lowest BCUT2D eigenvalue weighted by Crippen LogP contribution is -2.43. The predicted octanol–water partition coefficient (Wildman–Crippen LogP) is 3.83. The molecule has 102 valence electrons. The summed E-state index contributed by atoms with van der Waals surface area (Å²) >= 11 is 3.64. The van der Waals surface area contributed by atoms with Crippen LogP contribution in [0.2, 0.25) is 0 Å². The zero-order chi connectivity index (χ0) is 13.1. The van der Waals surface area contributed by atoms with E-state index in [9.17, 15) is 0 Å². The van der Waals surface area contributed by atoms with Gasteiger partial charge in [-0.15, -0.1) is 0 Å². The van der Waals surface area contributed by atoms with Crippen molar-refractivity contribution in [2.75, 3.05) is 0 Å². The first-order valence-electron chi connectivity index (χ1n) is 7.11. The topological polar surface area (TPSA) is 44.5 Å². The van der Waals surface area contributed by atoms with E-state index in [1.165, 1.54) is 19.3 Å². The molecule has 1 aromatic carbocycles. The second kappa shape index (κ2) is 3.89. The molecule has 4 heteroatoms. The van der Waals surface area contributed by atoms with Crippen molar-refractivity contribution in [3.8, 4) is 11.5 Å². The van der Waals surface area contributed by atoms with Gasteiger partial charge in [0.05, 0.1) is 0 Å². The highest BCUT2D eigenvalue weighted by atomic mass is 79.9. The standard InChI is InChI=1S/C15H18BrNO2/c16-11-9-13-12(8-10(11)14(17)4-3-5-14)18-15(19-13)6-1-2-7-15/h8-9H,1-7,17H2. The Kier molecular flexibility index (Phi) is 2.46. The Morgan fingerprint density at radius 1 is 0.947 bits per heavy atom. The Morgan fingerprint density at radius 3 is 2.16 bits per heavy atom. The van der Waals surface area contributed by atoms with Crippen molar-refractivity contribution in [2.45, 2.75) is 56.3 Å². The summed E-state index contributed by atoms with van der Waals surface area (Å²) in [6, 6.07) is 4.12. The van der Waals surface area contributed by atoms with Crippen molar-refractivity contribution in [1.82, 2.24) is 0 Å². The number of benzene rings is 1. The van der Waals surface area contributed by atoms with E-state index in [1.54, 1.807) is 0 Å². The summed E-state index contributed by atoms with van der Waals surface area (Å²) in [4.78, 5) is 0. The van der Waals surface area contributed by atoms with Gasteiger partial charge in [0.25, 0.3) is 5.79 Å². The molecular weight excluding hydrogens is 306 g/mol. The molecule has 0 atom stereocenters. The highest BCUT2D eigenvalue weighted by molar-refractivity contribution is 9.10. The van der Waals surface area contributed by atoms with Crippen LogP contribution < -0.4 is 15.2 Å². The van der Waals surface area contributed by atoms with Crippen LogP contribution >= 0.6 is 15.9 Å². The minimum Gasteiger partial charge on any atom is -0.448 e. The van der Waals surface area contributed by atoms with Gasteiger partial charge in [-0.05, 0) is 49.8 Å². The number of halogens is 1. The molecule has 0 aromatic heterocycles. The number of rotatable bonds is 1. The van der Waals surface area contributed by atoms with Crippen LogP contribution in [-0.2, 0) is 5.54 Å². The maximum absolute atomic E-state index is 6.44. The summed E-state index contributed by atoms with van der Waals surface area (Å²) < 4.78 is 13.2. The predicted molar refractivity (Wildman–Crippen MR) is 76.3 cm³/mol. The van der Waals surface area contributed by atoms with Gasteiger partial charge in [0.1, 0.15) is 0 Å². The monoisotopic (exact) mass is 323 g/mol. The SMILES string of the molecule is NC1(c2cc3c(cc2Br)OC2(CCCC2)O3)CCC1. The van der Waals surface area contributed by atoms with Crippen LogP contribution in [0.15, 0.2) is 16.6 Å². The Hall–Kier alpha value is -0.740. The van der Waals surface area contributed by atoms with Gasteiger partial charge in [0.15, 0.2) is 11.5 Å². The lowest BCUT2D eigenvalue weighted by molar-refractivity contribution is -0.0716. The van der Waals surface area contributed by atoms with Crippen molar-refractivity contribution < 1.29 is 9.47 Å². The number of hydrogen-bond donors (Lipinski definition) is 1. The minimum absolute atomic E-state index is 0.178. The summed E-state index contributed by atoms with van der Waals surface area (Å²) in [6.07, 6.45) is 7.66.